The zero-order valence-corrected chi connectivity index (χ0v) is 10.5. The Balaban J connectivity index is 3.15. The summed E-state index contributed by atoms with van der Waals surface area (Å²) in [4.78, 5) is 0. The number of halogens is 1. The Labute approximate surface area is 97.0 Å². The molecule has 1 aromatic rings. The third kappa shape index (κ3) is 3.20. The highest BCUT2D eigenvalue weighted by Crippen LogP contribution is 2.22. The second-order valence-electron chi connectivity index (χ2n) is 4.14. The Morgan fingerprint density at radius 1 is 1.38 bits per heavy atom. The van der Waals surface area contributed by atoms with E-state index < -0.39 is 16.7 Å². The second kappa shape index (κ2) is 5.30. The van der Waals surface area contributed by atoms with Crippen LogP contribution in [0.4, 0.5) is 10.1 Å². The fourth-order valence-corrected chi connectivity index (χ4v) is 2.31. The summed E-state index contributed by atoms with van der Waals surface area (Å²) < 4.78 is 36.6. The molecule has 0 aliphatic heterocycles. The quantitative estimate of drug-likeness (QED) is 0.825. The molecule has 0 aromatic heterocycles. The molecule has 5 heteroatoms. The first kappa shape index (κ1) is 13.0. The zero-order chi connectivity index (χ0) is 12.3. The van der Waals surface area contributed by atoms with E-state index in [4.69, 9.17) is 0 Å². The van der Waals surface area contributed by atoms with Crippen molar-refractivity contribution in [3.05, 3.63) is 29.6 Å². The molecular weight excluding hydrogens is 229 g/mol. The van der Waals surface area contributed by atoms with Crippen molar-refractivity contribution < 1.29 is 12.8 Å². The predicted molar refractivity (Wildman–Crippen MR) is 63.6 cm³/mol. The Kier molecular flexibility index (Phi) is 4.29. The molecule has 90 valence electrons. The van der Waals surface area contributed by atoms with Crippen molar-refractivity contribution in [1.29, 1.82) is 0 Å². The van der Waals surface area contributed by atoms with Crippen LogP contribution in [0.5, 0.6) is 0 Å². The van der Waals surface area contributed by atoms with E-state index in [0.717, 1.165) is 5.56 Å². The molecule has 0 atom stereocenters. The summed E-state index contributed by atoms with van der Waals surface area (Å²) >= 11 is 0. The van der Waals surface area contributed by atoms with E-state index in [9.17, 15) is 12.8 Å². The normalized spacial score (nSPS) is 11.1. The highest BCUT2D eigenvalue weighted by Gasteiger charge is 2.13. The minimum Gasteiger partial charge on any atom is -0.272 e. The first-order valence-electron chi connectivity index (χ1n) is 5.09. The third-order valence-corrected chi connectivity index (χ3v) is 2.96. The van der Waals surface area contributed by atoms with Crippen molar-refractivity contribution in [3.8, 4) is 0 Å². The molecule has 0 N–H and O–H groups in total. The van der Waals surface area contributed by atoms with Gasteiger partial charge in [-0.1, -0.05) is 19.9 Å². The van der Waals surface area contributed by atoms with E-state index in [1.807, 2.05) is 13.8 Å². The summed E-state index contributed by atoms with van der Waals surface area (Å²) in [7, 11) is -2.73. The lowest BCUT2D eigenvalue weighted by Gasteiger charge is -2.21. The van der Waals surface area contributed by atoms with Gasteiger partial charge < -0.3 is 0 Å². The SMILES string of the molecule is Cc1ccc(F)cc1N(CC(C)C)[SH](=O)=O. The number of rotatable bonds is 4. The van der Waals surface area contributed by atoms with E-state index >= 15 is 0 Å². The largest absolute Gasteiger partial charge is 0.272 e. The predicted octanol–water partition coefficient (Wildman–Crippen LogP) is 2.12. The van der Waals surface area contributed by atoms with E-state index in [1.165, 1.54) is 16.4 Å². The number of anilines is 1. The molecule has 0 aliphatic carbocycles. The van der Waals surface area contributed by atoms with Gasteiger partial charge in [-0.05, 0) is 30.5 Å². The highest BCUT2D eigenvalue weighted by molar-refractivity contribution is 7.74. The van der Waals surface area contributed by atoms with Gasteiger partial charge in [-0.25, -0.2) is 12.8 Å². The molecule has 16 heavy (non-hydrogen) atoms. The van der Waals surface area contributed by atoms with Crippen LogP contribution in [-0.2, 0) is 10.9 Å². The maximum Gasteiger partial charge on any atom is 0.225 e. The van der Waals surface area contributed by atoms with Gasteiger partial charge in [0.05, 0.1) is 5.69 Å². The number of aryl methyl sites for hydroxylation is 1. The molecule has 0 bridgehead atoms. The molecule has 0 saturated heterocycles. The van der Waals surface area contributed by atoms with Crippen LogP contribution in [0.25, 0.3) is 0 Å². The Bertz CT molecular complexity index is 436. The minimum absolute atomic E-state index is 0.190. The standard InChI is InChI=1S/C11H16FNO2S/c1-8(2)7-13(16(14)15)11-6-10(12)5-4-9(11)3/h4-6,8,16H,7H2,1-3H3. The van der Waals surface area contributed by atoms with Gasteiger partial charge in [0.25, 0.3) is 0 Å². The van der Waals surface area contributed by atoms with Crippen LogP contribution in [0.1, 0.15) is 19.4 Å². The number of hydrogen-bond donors (Lipinski definition) is 1. The number of benzene rings is 1. The van der Waals surface area contributed by atoms with Gasteiger partial charge in [0.2, 0.25) is 10.9 Å². The van der Waals surface area contributed by atoms with Crippen LogP contribution in [0.15, 0.2) is 18.2 Å². The molecular formula is C11H16FNO2S. The maximum absolute atomic E-state index is 13.1. The molecule has 0 amide bonds. The molecule has 1 aromatic carbocycles. The van der Waals surface area contributed by atoms with Crippen LogP contribution in [-0.4, -0.2) is 15.0 Å². The monoisotopic (exact) mass is 245 g/mol. The van der Waals surface area contributed by atoms with Gasteiger partial charge in [-0.3, -0.25) is 4.31 Å². The molecule has 0 saturated carbocycles. The second-order valence-corrected chi connectivity index (χ2v) is 5.10. The Hall–Kier alpha value is -1.10. The molecule has 0 heterocycles. The summed E-state index contributed by atoms with van der Waals surface area (Å²) in [5.74, 6) is -0.234. The van der Waals surface area contributed by atoms with Crippen LogP contribution >= 0.6 is 0 Å². The average molecular weight is 245 g/mol. The third-order valence-electron chi connectivity index (χ3n) is 2.18. The van der Waals surface area contributed by atoms with Crippen molar-refractivity contribution in [2.75, 3.05) is 10.8 Å². The molecule has 0 radical (unpaired) electrons. The van der Waals surface area contributed by atoms with E-state index in [0.29, 0.717) is 12.2 Å². The van der Waals surface area contributed by atoms with Crippen molar-refractivity contribution in [1.82, 2.24) is 0 Å². The summed E-state index contributed by atoms with van der Waals surface area (Å²) in [6, 6.07) is 4.16. The zero-order valence-electron chi connectivity index (χ0n) is 9.61. The lowest BCUT2D eigenvalue weighted by atomic mass is 10.1. The van der Waals surface area contributed by atoms with Gasteiger partial charge >= 0.3 is 0 Å². The van der Waals surface area contributed by atoms with Gasteiger partial charge in [-0.2, -0.15) is 0 Å². The molecule has 1 rings (SSSR count). The van der Waals surface area contributed by atoms with Crippen LogP contribution in [0.2, 0.25) is 0 Å². The first-order chi connectivity index (χ1) is 7.41. The summed E-state index contributed by atoms with van der Waals surface area (Å²) in [6.45, 7) is 5.96. The molecule has 0 fully saturated rings. The molecule has 0 aliphatic rings. The fourth-order valence-electron chi connectivity index (χ4n) is 1.46. The van der Waals surface area contributed by atoms with Crippen LogP contribution in [0.3, 0.4) is 0 Å². The lowest BCUT2D eigenvalue weighted by molar-refractivity contribution is 0.593. The maximum atomic E-state index is 13.1. The van der Waals surface area contributed by atoms with E-state index in [-0.39, 0.29) is 5.92 Å². The van der Waals surface area contributed by atoms with Crippen LogP contribution in [0, 0.1) is 18.7 Å². The molecule has 3 nitrogen and oxygen atoms in total. The van der Waals surface area contributed by atoms with Gasteiger partial charge in [0.1, 0.15) is 5.82 Å². The smallest absolute Gasteiger partial charge is 0.225 e. The molecule has 0 spiro atoms. The fraction of sp³-hybridized carbons (Fsp3) is 0.455. The lowest BCUT2D eigenvalue weighted by Crippen LogP contribution is -2.26. The number of hydrogen-bond acceptors (Lipinski definition) is 2. The molecule has 0 unspecified atom stereocenters. The van der Waals surface area contributed by atoms with Gasteiger partial charge in [-0.15, -0.1) is 0 Å². The highest BCUT2D eigenvalue weighted by atomic mass is 32.2. The van der Waals surface area contributed by atoms with Gasteiger partial charge in [0, 0.05) is 6.54 Å². The van der Waals surface area contributed by atoms with Crippen molar-refractivity contribution >= 4 is 16.6 Å². The van der Waals surface area contributed by atoms with Crippen molar-refractivity contribution in [2.24, 2.45) is 5.92 Å². The van der Waals surface area contributed by atoms with Crippen LogP contribution < -0.4 is 4.31 Å². The number of thiol groups is 1. The van der Waals surface area contributed by atoms with E-state index in [1.54, 1.807) is 13.0 Å². The Morgan fingerprint density at radius 2 is 2.00 bits per heavy atom. The minimum atomic E-state index is -2.73. The van der Waals surface area contributed by atoms with Gasteiger partial charge in [0.15, 0.2) is 0 Å². The number of nitrogens with zero attached hydrogens (tertiary/aromatic N) is 1. The summed E-state index contributed by atoms with van der Waals surface area (Å²) in [6.07, 6.45) is 0. The van der Waals surface area contributed by atoms with Crippen molar-refractivity contribution in [3.63, 3.8) is 0 Å². The average Bonchev–Trinajstić information content (AvgIpc) is 2.18. The first-order valence-corrected chi connectivity index (χ1v) is 6.23. The topological polar surface area (TPSA) is 37.4 Å². The summed E-state index contributed by atoms with van der Waals surface area (Å²) in [5.41, 5.74) is 1.17. The summed E-state index contributed by atoms with van der Waals surface area (Å²) in [5, 5.41) is 0. The Morgan fingerprint density at radius 3 is 2.50 bits per heavy atom. The van der Waals surface area contributed by atoms with E-state index in [2.05, 4.69) is 0 Å². The van der Waals surface area contributed by atoms with Crippen molar-refractivity contribution in [2.45, 2.75) is 20.8 Å².